The fraction of sp³-hybridized carbons (Fsp3) is 0.455. The average Bonchev–Trinajstić information content (AvgIpc) is 2.77. The number of halogens is 1. The predicted molar refractivity (Wildman–Crippen MR) is 68.5 cm³/mol. The highest BCUT2D eigenvalue weighted by Gasteiger charge is 2.16. The molecule has 5 heteroatoms. The van der Waals surface area contributed by atoms with E-state index in [0.717, 1.165) is 29.8 Å². The molecule has 0 saturated carbocycles. The van der Waals surface area contributed by atoms with E-state index >= 15 is 0 Å². The third kappa shape index (κ3) is 1.76. The number of hydrogen-bond donors (Lipinski definition) is 0. The first kappa shape index (κ1) is 10.3. The molecule has 1 aliphatic rings. The van der Waals surface area contributed by atoms with Crippen LogP contribution in [0.15, 0.2) is 10.8 Å². The first-order chi connectivity index (χ1) is 7.84. The Hall–Kier alpha value is -0.870. The molecule has 2 aromatic rings. The lowest BCUT2D eigenvalue weighted by molar-refractivity contribution is 0.574. The van der Waals surface area contributed by atoms with Gasteiger partial charge in [0.05, 0.1) is 10.9 Å². The van der Waals surface area contributed by atoms with E-state index in [2.05, 4.69) is 20.2 Å². The maximum absolute atomic E-state index is 5.96. The van der Waals surface area contributed by atoms with Crippen LogP contribution in [0.5, 0.6) is 0 Å². The van der Waals surface area contributed by atoms with E-state index in [-0.39, 0.29) is 0 Å². The lowest BCUT2D eigenvalue weighted by Gasteiger charge is -2.28. The molecule has 0 aromatic carbocycles. The van der Waals surface area contributed by atoms with E-state index in [1.54, 1.807) is 11.3 Å². The van der Waals surface area contributed by atoms with Crippen molar-refractivity contribution in [3.05, 3.63) is 16.0 Å². The molecule has 2 aromatic heterocycles. The predicted octanol–water partition coefficient (Wildman–Crippen LogP) is 3.34. The van der Waals surface area contributed by atoms with Crippen LogP contribution in [0, 0.1) is 0 Å². The van der Waals surface area contributed by atoms with Crippen molar-refractivity contribution >= 4 is 39.7 Å². The number of rotatable bonds is 1. The van der Waals surface area contributed by atoms with Gasteiger partial charge in [0.25, 0.3) is 0 Å². The summed E-state index contributed by atoms with van der Waals surface area (Å²) in [5.74, 6) is 1.01. The summed E-state index contributed by atoms with van der Waals surface area (Å²) in [7, 11) is 0. The zero-order valence-corrected chi connectivity index (χ0v) is 10.4. The lowest BCUT2D eigenvalue weighted by Crippen LogP contribution is -2.30. The number of hydrogen-bond acceptors (Lipinski definition) is 4. The molecule has 0 bridgehead atoms. The molecule has 1 fully saturated rings. The highest BCUT2D eigenvalue weighted by atomic mass is 35.5. The van der Waals surface area contributed by atoms with Crippen LogP contribution in [-0.2, 0) is 0 Å². The molecule has 0 radical (unpaired) electrons. The number of piperidine rings is 1. The Morgan fingerprint density at radius 3 is 2.75 bits per heavy atom. The van der Waals surface area contributed by atoms with Crippen molar-refractivity contribution in [2.45, 2.75) is 19.3 Å². The molecule has 3 heterocycles. The van der Waals surface area contributed by atoms with Gasteiger partial charge in [0.15, 0.2) is 0 Å². The molecule has 3 nitrogen and oxygen atoms in total. The van der Waals surface area contributed by atoms with Gasteiger partial charge >= 0.3 is 0 Å². The number of nitrogens with zero attached hydrogens (tertiary/aromatic N) is 3. The third-order valence-corrected chi connectivity index (χ3v) is 3.85. The van der Waals surface area contributed by atoms with Crippen molar-refractivity contribution in [1.29, 1.82) is 0 Å². The quantitative estimate of drug-likeness (QED) is 0.730. The van der Waals surface area contributed by atoms with Crippen LogP contribution < -0.4 is 4.90 Å². The lowest BCUT2D eigenvalue weighted by atomic mass is 10.1. The van der Waals surface area contributed by atoms with Gasteiger partial charge < -0.3 is 4.90 Å². The van der Waals surface area contributed by atoms with Gasteiger partial charge in [0, 0.05) is 23.8 Å². The average molecular weight is 254 g/mol. The smallest absolute Gasteiger partial charge is 0.224 e. The molecular weight excluding hydrogens is 242 g/mol. The van der Waals surface area contributed by atoms with E-state index in [9.17, 15) is 0 Å². The topological polar surface area (TPSA) is 29.0 Å². The second-order valence-electron chi connectivity index (χ2n) is 4.03. The van der Waals surface area contributed by atoms with E-state index in [0.29, 0.717) is 5.28 Å². The molecule has 1 saturated heterocycles. The molecule has 0 atom stereocenters. The molecular formula is C11H12ClN3S. The standard InChI is InChI=1S/C11H12ClN3S/c12-11-13-9-7-16-6-8(9)10(14-11)15-4-2-1-3-5-15/h6-7H,1-5H2. The molecule has 16 heavy (non-hydrogen) atoms. The van der Waals surface area contributed by atoms with Crippen LogP contribution in [0.1, 0.15) is 19.3 Å². The highest BCUT2D eigenvalue weighted by Crippen LogP contribution is 2.29. The SMILES string of the molecule is Clc1nc(N2CCCCC2)c2cscc2n1. The fourth-order valence-corrected chi connectivity index (χ4v) is 3.07. The zero-order valence-electron chi connectivity index (χ0n) is 8.82. The summed E-state index contributed by atoms with van der Waals surface area (Å²) in [6.45, 7) is 2.16. The van der Waals surface area contributed by atoms with Crippen LogP contribution in [0.3, 0.4) is 0 Å². The van der Waals surface area contributed by atoms with Crippen LogP contribution in [-0.4, -0.2) is 23.1 Å². The summed E-state index contributed by atoms with van der Waals surface area (Å²) in [6.07, 6.45) is 3.81. The largest absolute Gasteiger partial charge is 0.356 e. The van der Waals surface area contributed by atoms with Crippen LogP contribution >= 0.6 is 22.9 Å². The number of aromatic nitrogens is 2. The molecule has 84 valence electrons. The summed E-state index contributed by atoms with van der Waals surface area (Å²) in [5, 5.41) is 5.62. The van der Waals surface area contributed by atoms with Crippen LogP contribution in [0.25, 0.3) is 10.9 Å². The molecule has 0 N–H and O–H groups in total. The van der Waals surface area contributed by atoms with Gasteiger partial charge in [-0.2, -0.15) is 4.98 Å². The number of thiophene rings is 1. The molecule has 0 aliphatic carbocycles. The summed E-state index contributed by atoms with van der Waals surface area (Å²) in [6, 6.07) is 0. The Morgan fingerprint density at radius 1 is 1.12 bits per heavy atom. The molecule has 0 amide bonds. The van der Waals surface area contributed by atoms with Crippen molar-refractivity contribution in [3.63, 3.8) is 0 Å². The van der Waals surface area contributed by atoms with Crippen molar-refractivity contribution in [3.8, 4) is 0 Å². The molecule has 1 aliphatic heterocycles. The van der Waals surface area contributed by atoms with Gasteiger partial charge in [0.1, 0.15) is 5.82 Å². The van der Waals surface area contributed by atoms with E-state index in [1.165, 1.54) is 19.3 Å². The summed E-state index contributed by atoms with van der Waals surface area (Å²) in [4.78, 5) is 10.9. The first-order valence-electron chi connectivity index (χ1n) is 5.49. The second kappa shape index (κ2) is 4.18. The normalized spacial score (nSPS) is 16.9. The third-order valence-electron chi connectivity index (χ3n) is 2.95. The van der Waals surface area contributed by atoms with E-state index in [4.69, 9.17) is 11.6 Å². The van der Waals surface area contributed by atoms with Gasteiger partial charge in [-0.15, -0.1) is 11.3 Å². The first-order valence-corrected chi connectivity index (χ1v) is 6.81. The van der Waals surface area contributed by atoms with Crippen LogP contribution in [0.4, 0.5) is 5.82 Å². The Bertz CT molecular complexity index is 505. The van der Waals surface area contributed by atoms with Gasteiger partial charge in [-0.05, 0) is 30.9 Å². The second-order valence-corrected chi connectivity index (χ2v) is 5.12. The highest BCUT2D eigenvalue weighted by molar-refractivity contribution is 7.09. The minimum absolute atomic E-state index is 0.353. The summed E-state index contributed by atoms with van der Waals surface area (Å²) >= 11 is 7.61. The summed E-state index contributed by atoms with van der Waals surface area (Å²) in [5.41, 5.74) is 0.963. The van der Waals surface area contributed by atoms with Gasteiger partial charge in [0.2, 0.25) is 5.28 Å². The molecule has 3 rings (SSSR count). The van der Waals surface area contributed by atoms with E-state index < -0.39 is 0 Å². The molecule has 0 unspecified atom stereocenters. The van der Waals surface area contributed by atoms with Crippen molar-refractivity contribution in [2.24, 2.45) is 0 Å². The Labute approximate surface area is 103 Å². The van der Waals surface area contributed by atoms with Crippen molar-refractivity contribution in [1.82, 2.24) is 9.97 Å². The minimum atomic E-state index is 0.353. The summed E-state index contributed by atoms with van der Waals surface area (Å²) < 4.78 is 0. The Morgan fingerprint density at radius 2 is 1.94 bits per heavy atom. The van der Waals surface area contributed by atoms with Crippen LogP contribution in [0.2, 0.25) is 5.28 Å². The van der Waals surface area contributed by atoms with E-state index in [1.807, 2.05) is 5.38 Å². The number of anilines is 1. The maximum atomic E-state index is 5.96. The monoisotopic (exact) mass is 253 g/mol. The maximum Gasteiger partial charge on any atom is 0.224 e. The van der Waals surface area contributed by atoms with Gasteiger partial charge in [-0.25, -0.2) is 4.98 Å². The van der Waals surface area contributed by atoms with Gasteiger partial charge in [-0.1, -0.05) is 0 Å². The Kier molecular flexibility index (Phi) is 2.69. The Balaban J connectivity index is 2.09. The van der Waals surface area contributed by atoms with Crippen molar-refractivity contribution < 1.29 is 0 Å². The van der Waals surface area contributed by atoms with Gasteiger partial charge in [-0.3, -0.25) is 0 Å². The fourth-order valence-electron chi connectivity index (χ4n) is 2.16. The minimum Gasteiger partial charge on any atom is -0.356 e. The number of fused-ring (bicyclic) bond motifs is 1. The van der Waals surface area contributed by atoms with Crippen molar-refractivity contribution in [2.75, 3.05) is 18.0 Å². The zero-order chi connectivity index (χ0) is 11.0. The molecule has 0 spiro atoms.